The number of ether oxygens (including phenoxy) is 1. The van der Waals surface area contributed by atoms with E-state index in [-0.39, 0.29) is 12.5 Å². The van der Waals surface area contributed by atoms with Crippen LogP contribution in [0.3, 0.4) is 0 Å². The zero-order valence-corrected chi connectivity index (χ0v) is 10.2. The highest BCUT2D eigenvalue weighted by molar-refractivity contribution is 6.12. The second kappa shape index (κ2) is 4.95. The van der Waals surface area contributed by atoms with Gasteiger partial charge < -0.3 is 4.74 Å². The van der Waals surface area contributed by atoms with Gasteiger partial charge in [0.2, 0.25) is 5.91 Å². The van der Waals surface area contributed by atoms with Gasteiger partial charge in [-0.15, -0.1) is 0 Å². The molecule has 1 atom stereocenters. The van der Waals surface area contributed by atoms with Crippen molar-refractivity contribution in [2.24, 2.45) is 11.0 Å². The number of hydrogen-bond acceptors (Lipinski definition) is 5. The Bertz CT molecular complexity index is 499. The lowest BCUT2D eigenvalue weighted by Crippen LogP contribution is -2.30. The maximum Gasteiger partial charge on any atom is 0.316 e. The van der Waals surface area contributed by atoms with E-state index in [1.807, 2.05) is 0 Å². The second-order valence-electron chi connectivity index (χ2n) is 3.88. The molecule has 94 valence electrons. The highest BCUT2D eigenvalue weighted by atomic mass is 16.5. The third-order valence-corrected chi connectivity index (χ3v) is 2.69. The van der Waals surface area contributed by atoms with Crippen LogP contribution in [-0.2, 0) is 14.3 Å². The monoisotopic (exact) mass is 247 g/mol. The molecule has 0 N–H and O–H groups in total. The molecule has 0 fully saturated rings. The molecule has 1 aromatic rings. The van der Waals surface area contributed by atoms with E-state index in [0.717, 1.165) is 0 Å². The Labute approximate surface area is 104 Å². The van der Waals surface area contributed by atoms with Gasteiger partial charge in [0.25, 0.3) is 0 Å². The smallest absolute Gasteiger partial charge is 0.316 e. The third-order valence-electron chi connectivity index (χ3n) is 2.69. The van der Waals surface area contributed by atoms with Crippen LogP contribution >= 0.6 is 0 Å². The summed E-state index contributed by atoms with van der Waals surface area (Å²) in [6.45, 7) is 1.60. The minimum Gasteiger partial charge on any atom is -0.468 e. The van der Waals surface area contributed by atoms with Crippen LogP contribution in [0.2, 0.25) is 0 Å². The van der Waals surface area contributed by atoms with E-state index in [1.54, 1.807) is 24.4 Å². The Morgan fingerprint density at radius 2 is 2.22 bits per heavy atom. The van der Waals surface area contributed by atoms with Crippen molar-refractivity contribution in [3.63, 3.8) is 0 Å². The normalized spacial score (nSPS) is 18.4. The Balaban J connectivity index is 2.36. The number of rotatable bonds is 2. The molecule has 2 rings (SSSR count). The number of carbonyl (C=O) groups excluding carboxylic acids is 2. The van der Waals surface area contributed by atoms with Gasteiger partial charge in [-0.3, -0.25) is 14.6 Å². The quantitative estimate of drug-likeness (QED) is 0.711. The molecule has 0 saturated carbocycles. The molecule has 1 aliphatic heterocycles. The van der Waals surface area contributed by atoms with Gasteiger partial charge in [-0.05, 0) is 12.1 Å². The van der Waals surface area contributed by atoms with Crippen molar-refractivity contribution in [1.82, 2.24) is 9.99 Å². The minimum absolute atomic E-state index is 0.202. The molecule has 6 heteroatoms. The highest BCUT2D eigenvalue weighted by Crippen LogP contribution is 2.19. The van der Waals surface area contributed by atoms with E-state index in [0.29, 0.717) is 11.4 Å². The standard InChI is InChI=1S/C12H13N3O3/c1-8(16)15-7-9(12(17)18-2)11(14-15)10-5-3-4-6-13-10/h3-6,9H,7H2,1-2H3. The van der Waals surface area contributed by atoms with Gasteiger partial charge in [-0.1, -0.05) is 6.07 Å². The van der Waals surface area contributed by atoms with Crippen LogP contribution in [0.4, 0.5) is 0 Å². The van der Waals surface area contributed by atoms with Crippen LogP contribution in [0.1, 0.15) is 12.6 Å². The average Bonchev–Trinajstić information content (AvgIpc) is 2.84. The highest BCUT2D eigenvalue weighted by Gasteiger charge is 2.36. The van der Waals surface area contributed by atoms with Crippen molar-refractivity contribution in [2.45, 2.75) is 6.92 Å². The molecule has 1 unspecified atom stereocenters. The number of nitrogens with zero attached hydrogens (tertiary/aromatic N) is 3. The van der Waals surface area contributed by atoms with Crippen molar-refractivity contribution in [3.8, 4) is 0 Å². The lowest BCUT2D eigenvalue weighted by Gasteiger charge is -2.10. The van der Waals surface area contributed by atoms with Gasteiger partial charge in [-0.25, -0.2) is 5.01 Å². The topological polar surface area (TPSA) is 71.9 Å². The number of hydrazone groups is 1. The third kappa shape index (κ3) is 2.22. The predicted molar refractivity (Wildman–Crippen MR) is 63.7 cm³/mol. The summed E-state index contributed by atoms with van der Waals surface area (Å²) in [6.07, 6.45) is 1.61. The Morgan fingerprint density at radius 3 is 2.78 bits per heavy atom. The maximum absolute atomic E-state index is 11.7. The summed E-state index contributed by atoms with van der Waals surface area (Å²) < 4.78 is 4.73. The molecule has 0 aliphatic carbocycles. The largest absolute Gasteiger partial charge is 0.468 e. The number of aromatic nitrogens is 1. The summed E-state index contributed by atoms with van der Waals surface area (Å²) in [5.41, 5.74) is 1.05. The Morgan fingerprint density at radius 1 is 1.44 bits per heavy atom. The SMILES string of the molecule is COC(=O)C1CN(C(C)=O)N=C1c1ccccn1. The molecule has 0 aromatic carbocycles. The molecular formula is C12H13N3O3. The van der Waals surface area contributed by atoms with Crippen molar-refractivity contribution in [1.29, 1.82) is 0 Å². The van der Waals surface area contributed by atoms with Gasteiger partial charge in [0.15, 0.2) is 0 Å². The summed E-state index contributed by atoms with van der Waals surface area (Å²) in [5, 5.41) is 5.40. The molecule has 6 nitrogen and oxygen atoms in total. The zero-order valence-electron chi connectivity index (χ0n) is 10.2. The molecule has 18 heavy (non-hydrogen) atoms. The van der Waals surface area contributed by atoms with Crippen LogP contribution in [0.25, 0.3) is 0 Å². The number of esters is 1. The van der Waals surface area contributed by atoms with Gasteiger partial charge in [-0.2, -0.15) is 5.10 Å². The van der Waals surface area contributed by atoms with Crippen LogP contribution in [0, 0.1) is 5.92 Å². The molecular weight excluding hydrogens is 234 g/mol. The molecule has 0 saturated heterocycles. The van der Waals surface area contributed by atoms with Crippen molar-refractivity contribution in [2.75, 3.05) is 13.7 Å². The van der Waals surface area contributed by atoms with E-state index in [4.69, 9.17) is 4.74 Å². The van der Waals surface area contributed by atoms with E-state index in [1.165, 1.54) is 19.0 Å². The van der Waals surface area contributed by atoms with E-state index in [9.17, 15) is 9.59 Å². The fourth-order valence-corrected chi connectivity index (χ4v) is 1.77. The van der Waals surface area contributed by atoms with Gasteiger partial charge in [0, 0.05) is 13.1 Å². The van der Waals surface area contributed by atoms with Crippen LogP contribution in [0.15, 0.2) is 29.5 Å². The molecule has 1 aromatic heterocycles. The average molecular weight is 247 g/mol. The fraction of sp³-hybridized carbons (Fsp3) is 0.333. The molecule has 1 amide bonds. The van der Waals surface area contributed by atoms with Crippen LogP contribution in [0.5, 0.6) is 0 Å². The molecule has 1 aliphatic rings. The Kier molecular flexibility index (Phi) is 3.36. The summed E-state index contributed by atoms with van der Waals surface area (Å²) in [4.78, 5) is 27.2. The minimum atomic E-state index is -0.575. The first-order valence-corrected chi connectivity index (χ1v) is 5.49. The fourth-order valence-electron chi connectivity index (χ4n) is 1.77. The summed E-state index contributed by atoms with van der Waals surface area (Å²) >= 11 is 0. The number of pyridine rings is 1. The summed E-state index contributed by atoms with van der Waals surface area (Å²) in [7, 11) is 1.31. The van der Waals surface area contributed by atoms with Crippen LogP contribution < -0.4 is 0 Å². The lowest BCUT2D eigenvalue weighted by atomic mass is 10.0. The zero-order chi connectivity index (χ0) is 13.1. The van der Waals surface area contributed by atoms with Gasteiger partial charge >= 0.3 is 5.97 Å². The molecule has 2 heterocycles. The Hall–Kier alpha value is -2.24. The molecule has 0 spiro atoms. The van der Waals surface area contributed by atoms with Gasteiger partial charge in [0.1, 0.15) is 11.6 Å². The number of carbonyl (C=O) groups is 2. The van der Waals surface area contributed by atoms with Crippen molar-refractivity contribution >= 4 is 17.6 Å². The number of methoxy groups -OCH3 is 1. The summed E-state index contributed by atoms with van der Waals surface area (Å²) in [6, 6.07) is 5.32. The first-order chi connectivity index (χ1) is 8.63. The summed E-state index contributed by atoms with van der Waals surface area (Å²) in [5.74, 6) is -1.20. The van der Waals surface area contributed by atoms with Crippen LogP contribution in [-0.4, -0.2) is 41.2 Å². The number of hydrogen-bond donors (Lipinski definition) is 0. The first kappa shape index (κ1) is 12.2. The van der Waals surface area contributed by atoms with E-state index in [2.05, 4.69) is 10.1 Å². The van der Waals surface area contributed by atoms with Crippen molar-refractivity contribution in [3.05, 3.63) is 30.1 Å². The molecule has 0 bridgehead atoms. The lowest BCUT2D eigenvalue weighted by molar-refractivity contribution is -0.143. The molecule has 0 radical (unpaired) electrons. The predicted octanol–water partition coefficient (Wildman–Crippen LogP) is 0.437. The number of amides is 1. The van der Waals surface area contributed by atoms with Gasteiger partial charge in [0.05, 0.1) is 19.3 Å². The van der Waals surface area contributed by atoms with Crippen molar-refractivity contribution < 1.29 is 14.3 Å². The van der Waals surface area contributed by atoms with E-state index < -0.39 is 11.9 Å². The second-order valence-corrected chi connectivity index (χ2v) is 3.88. The maximum atomic E-state index is 11.7. The first-order valence-electron chi connectivity index (χ1n) is 5.49. The van der Waals surface area contributed by atoms with E-state index >= 15 is 0 Å².